The summed E-state index contributed by atoms with van der Waals surface area (Å²) in [5, 5.41) is 77.2. The molecule has 0 fully saturated rings. The Labute approximate surface area is 513 Å². The van der Waals surface area contributed by atoms with E-state index < -0.39 is 31.2 Å². The zero-order valence-electron chi connectivity index (χ0n) is 51.2. The number of aryl methyl sites for hydroxylation is 6. The van der Waals surface area contributed by atoms with Gasteiger partial charge in [-0.05, 0) is 89.5 Å². The van der Waals surface area contributed by atoms with Crippen molar-refractivity contribution in [3.8, 4) is 30.0 Å². The number of carbonyl (C=O) groups is 2. The molecule has 7 aromatic rings. The third kappa shape index (κ3) is 18.9. The number of benzene rings is 2. The molecule has 2 aromatic carbocycles. The number of nitrogens with one attached hydrogen (secondary N) is 6. The number of carboxylic acid groups (broad SMARTS) is 1. The Balaban J connectivity index is 1.30. The molecule has 0 amide bonds. The number of aromatic nitrogens is 11. The van der Waals surface area contributed by atoms with Gasteiger partial charge in [0.25, 0.3) is 11.9 Å². The van der Waals surface area contributed by atoms with Crippen LogP contribution in [0.3, 0.4) is 0 Å². The van der Waals surface area contributed by atoms with Crippen LogP contribution in [0.25, 0.3) is 11.9 Å². The summed E-state index contributed by atoms with van der Waals surface area (Å²) in [6.45, 7) is 13.9. The number of nitriles is 2. The maximum Gasteiger partial charge on any atom is 0.339 e. The monoisotopic (exact) mass is 1220 g/mol. The van der Waals surface area contributed by atoms with Gasteiger partial charge < -0.3 is 65.4 Å². The van der Waals surface area contributed by atoms with E-state index in [0.717, 1.165) is 54.1 Å². The average molecular weight is 1220 g/mol. The summed E-state index contributed by atoms with van der Waals surface area (Å²) in [7, 11) is 6.42. The number of anilines is 8. The van der Waals surface area contributed by atoms with Gasteiger partial charge in [-0.15, -0.1) is 30.7 Å². The SMILES string of the molecule is COCCCNc1nc(Nc2c(C)cc(C)cc2C)nc(NCCCOC)c1N=Nc1nn(-c2nc(OC(=O)COCC(=O)O)nc(-n3cc(C#N)c(N=Nc4c(NCCCOC)nc(Nc5c(C)cc(C)cc5C)nc4NCCCOC)n3)n2)cc1C#N. The molecule has 5 heterocycles. The van der Waals surface area contributed by atoms with Crippen molar-refractivity contribution in [2.75, 3.05) is 126 Å². The van der Waals surface area contributed by atoms with Crippen LogP contribution in [-0.4, -0.2) is 166 Å². The molecule has 0 aliphatic heterocycles. The zero-order chi connectivity index (χ0) is 63.8. The van der Waals surface area contributed by atoms with E-state index >= 15 is 0 Å². The van der Waals surface area contributed by atoms with Crippen LogP contribution < -0.4 is 36.6 Å². The topological polar surface area (TPSA) is 405 Å². The van der Waals surface area contributed by atoms with Crippen LogP contribution in [0.4, 0.5) is 69.6 Å². The number of rotatable bonds is 35. The summed E-state index contributed by atoms with van der Waals surface area (Å²) in [4.78, 5) is 56.7. The standard InChI is InChI=1S/C57H71N23O9/c1-33-23-35(3)43(36(4)24-33)64-53-66-49(60-15-11-19-84-7)45(50(67-53)61-16-12-20-85-8)73-75-47-39(27-58)29-79(77-47)55-70-56(72-57(71-55)89-42(83)32-88-31-41(81)82)80-30-40(28-59)48(78-80)76-74-46-51(62-17-13-21-86-9)68-54(69-52(46)63-18-14-22-87-10)65-44-37(5)25-34(2)26-38(44)6/h23-26,29-30H,11-22,31-32H2,1-10H3,(H,81,82)(H3,60,61,64,66,67)(H3,62,63,65,68,69). The number of ether oxygens (including phenoxy) is 6. The van der Waals surface area contributed by atoms with E-state index in [9.17, 15) is 20.1 Å². The lowest BCUT2D eigenvalue weighted by Gasteiger charge is -2.17. The maximum absolute atomic E-state index is 13.1. The number of aliphatic carboxylic acids is 1. The van der Waals surface area contributed by atoms with Crippen molar-refractivity contribution in [2.24, 2.45) is 20.5 Å². The van der Waals surface area contributed by atoms with Gasteiger partial charge in [0, 0.05) is 92.4 Å². The predicted octanol–water partition coefficient (Wildman–Crippen LogP) is 8.54. The highest BCUT2D eigenvalue weighted by molar-refractivity contribution is 5.79. The summed E-state index contributed by atoms with van der Waals surface area (Å²) in [6.07, 6.45) is 4.93. The highest BCUT2D eigenvalue weighted by Gasteiger charge is 2.23. The lowest BCUT2D eigenvalue weighted by Crippen LogP contribution is -2.21. The Morgan fingerprint density at radius 2 is 0.888 bits per heavy atom. The van der Waals surface area contributed by atoms with Gasteiger partial charge >= 0.3 is 17.9 Å². The number of nitrogens with zero attached hydrogens (tertiary/aromatic N) is 17. The number of esters is 1. The fourth-order valence-corrected chi connectivity index (χ4v) is 8.75. The van der Waals surface area contributed by atoms with E-state index in [-0.39, 0.29) is 57.9 Å². The van der Waals surface area contributed by atoms with Gasteiger partial charge in [0.05, 0.1) is 12.4 Å². The Morgan fingerprint density at radius 3 is 1.21 bits per heavy atom. The molecule has 7 rings (SSSR count). The summed E-state index contributed by atoms with van der Waals surface area (Å²) >= 11 is 0. The predicted molar refractivity (Wildman–Crippen MR) is 328 cm³/mol. The summed E-state index contributed by atoms with van der Waals surface area (Å²) in [5.41, 5.74) is 7.96. The van der Waals surface area contributed by atoms with Gasteiger partial charge in [0.1, 0.15) is 36.5 Å². The second-order valence-electron chi connectivity index (χ2n) is 19.9. The molecule has 0 radical (unpaired) electrons. The summed E-state index contributed by atoms with van der Waals surface area (Å²) in [6, 6.07) is 11.7. The Hall–Kier alpha value is -10.3. The van der Waals surface area contributed by atoms with Crippen molar-refractivity contribution in [1.29, 1.82) is 10.5 Å². The molecule has 0 bridgehead atoms. The molecular formula is C57H71N23O9. The van der Waals surface area contributed by atoms with Gasteiger partial charge in [0.15, 0.2) is 34.6 Å². The Morgan fingerprint density at radius 1 is 0.528 bits per heavy atom. The van der Waals surface area contributed by atoms with Crippen LogP contribution in [0.2, 0.25) is 0 Å². The molecule has 0 aliphatic rings. The van der Waals surface area contributed by atoms with E-state index in [1.807, 2.05) is 41.5 Å². The van der Waals surface area contributed by atoms with Gasteiger partial charge in [-0.2, -0.15) is 45.4 Å². The van der Waals surface area contributed by atoms with Gasteiger partial charge in [0.2, 0.25) is 23.5 Å². The van der Waals surface area contributed by atoms with E-state index in [2.05, 4.69) is 114 Å². The highest BCUT2D eigenvalue weighted by Crippen LogP contribution is 2.38. The van der Waals surface area contributed by atoms with Gasteiger partial charge in [-0.25, -0.2) is 19.0 Å². The van der Waals surface area contributed by atoms with E-state index in [1.165, 1.54) is 12.4 Å². The molecule has 0 unspecified atom stereocenters. The molecule has 89 heavy (non-hydrogen) atoms. The number of azo groups is 2. The first-order chi connectivity index (χ1) is 43.0. The van der Waals surface area contributed by atoms with Gasteiger partial charge in [-0.3, -0.25) is 0 Å². The van der Waals surface area contributed by atoms with Crippen LogP contribution in [0.5, 0.6) is 6.01 Å². The quantitative estimate of drug-likeness (QED) is 0.0111. The number of carbonyl (C=O) groups excluding carboxylic acids is 1. The first-order valence-corrected chi connectivity index (χ1v) is 28.1. The van der Waals surface area contributed by atoms with Crippen LogP contribution >= 0.6 is 0 Å². The molecule has 0 saturated heterocycles. The van der Waals surface area contributed by atoms with Crippen molar-refractivity contribution < 1.29 is 43.1 Å². The maximum atomic E-state index is 13.1. The first-order valence-electron chi connectivity index (χ1n) is 28.1. The molecule has 7 N–H and O–H groups in total. The fraction of sp³-hybridized carbons (Fsp3) is 0.421. The number of methoxy groups -OCH3 is 4. The largest absolute Gasteiger partial charge is 0.480 e. The molecule has 32 nitrogen and oxygen atoms in total. The lowest BCUT2D eigenvalue weighted by molar-refractivity contribution is -0.147. The first kappa shape index (κ1) is 66.3. The normalized spacial score (nSPS) is 11.2. The van der Waals surface area contributed by atoms with Crippen LogP contribution in [0.1, 0.15) is 70.2 Å². The Kier molecular flexibility index (Phi) is 24.6. The van der Waals surface area contributed by atoms with Crippen LogP contribution in [0, 0.1) is 64.2 Å². The third-order valence-electron chi connectivity index (χ3n) is 12.6. The van der Waals surface area contributed by atoms with Crippen molar-refractivity contribution >= 4 is 81.5 Å². The fourth-order valence-electron chi connectivity index (χ4n) is 8.75. The molecule has 0 saturated carbocycles. The molecule has 468 valence electrons. The second kappa shape index (κ2) is 33.0. The highest BCUT2D eigenvalue weighted by atomic mass is 16.6. The minimum atomic E-state index is -1.33. The van der Waals surface area contributed by atoms with Crippen molar-refractivity contribution in [1.82, 2.24) is 54.4 Å². The minimum absolute atomic E-state index is 0.105. The minimum Gasteiger partial charge on any atom is -0.480 e. The Bertz CT molecular complexity index is 3410. The lowest BCUT2D eigenvalue weighted by atomic mass is 10.1. The molecular weight excluding hydrogens is 1150 g/mol. The summed E-state index contributed by atoms with van der Waals surface area (Å²) in [5.74, 6) is -1.84. The third-order valence-corrected chi connectivity index (χ3v) is 12.6. The summed E-state index contributed by atoms with van der Waals surface area (Å²) < 4.78 is 33.7. The van der Waals surface area contributed by atoms with Crippen molar-refractivity contribution in [3.63, 3.8) is 0 Å². The van der Waals surface area contributed by atoms with Crippen molar-refractivity contribution in [3.05, 3.63) is 81.2 Å². The molecule has 0 aliphatic carbocycles. The number of hydrogen-bond acceptors (Lipinski definition) is 29. The molecule has 0 spiro atoms. The molecule has 32 heteroatoms. The average Bonchev–Trinajstić information content (AvgIpc) is 2.16. The molecule has 0 atom stereocenters. The van der Waals surface area contributed by atoms with Crippen LogP contribution in [-0.2, 0) is 33.3 Å². The van der Waals surface area contributed by atoms with E-state index in [4.69, 9.17) is 53.5 Å². The van der Waals surface area contributed by atoms with E-state index in [0.29, 0.717) is 102 Å². The van der Waals surface area contributed by atoms with Crippen molar-refractivity contribution in [2.45, 2.75) is 67.2 Å². The number of hydrogen-bond donors (Lipinski definition) is 7. The van der Waals surface area contributed by atoms with Gasteiger partial charge in [-0.1, -0.05) is 35.4 Å². The second-order valence-corrected chi connectivity index (χ2v) is 19.9. The number of carboxylic acids is 1. The zero-order valence-corrected chi connectivity index (χ0v) is 51.2. The van der Waals surface area contributed by atoms with E-state index in [1.54, 1.807) is 28.4 Å². The molecule has 5 aromatic heterocycles. The smallest absolute Gasteiger partial charge is 0.339 e. The van der Waals surface area contributed by atoms with Crippen LogP contribution in [0.15, 0.2) is 57.1 Å².